The summed E-state index contributed by atoms with van der Waals surface area (Å²) in [6.07, 6.45) is 6.75. The Morgan fingerprint density at radius 1 is 1.09 bits per heavy atom. The number of nitrogens with one attached hydrogen (secondary N) is 1. The molecule has 0 bridgehead atoms. The van der Waals surface area contributed by atoms with Crippen molar-refractivity contribution < 1.29 is 4.79 Å². The third-order valence-corrected chi connectivity index (χ3v) is 4.90. The van der Waals surface area contributed by atoms with E-state index in [1.807, 2.05) is 6.92 Å². The lowest BCUT2D eigenvalue weighted by Gasteiger charge is -2.27. The van der Waals surface area contributed by atoms with Crippen LogP contribution >= 0.6 is 0 Å². The summed E-state index contributed by atoms with van der Waals surface area (Å²) < 4.78 is 0. The van der Waals surface area contributed by atoms with Crippen molar-refractivity contribution in [1.82, 2.24) is 5.32 Å². The second kappa shape index (κ2) is 7.77. The topological polar surface area (TPSA) is 55.1 Å². The first-order chi connectivity index (χ1) is 10.5. The van der Waals surface area contributed by atoms with Gasteiger partial charge in [-0.15, -0.1) is 0 Å². The second-order valence-corrected chi connectivity index (χ2v) is 7.01. The van der Waals surface area contributed by atoms with Gasteiger partial charge in [0.05, 0.1) is 6.04 Å². The van der Waals surface area contributed by atoms with Crippen LogP contribution in [0.25, 0.3) is 0 Å². The predicted molar refractivity (Wildman–Crippen MR) is 91.6 cm³/mol. The lowest BCUT2D eigenvalue weighted by molar-refractivity contribution is -0.119. The van der Waals surface area contributed by atoms with E-state index in [0.717, 1.165) is 5.92 Å². The van der Waals surface area contributed by atoms with Gasteiger partial charge < -0.3 is 5.73 Å². The summed E-state index contributed by atoms with van der Waals surface area (Å²) in [6, 6.07) is 8.83. The highest BCUT2D eigenvalue weighted by Gasteiger charge is 2.21. The van der Waals surface area contributed by atoms with Crippen molar-refractivity contribution in [2.24, 2.45) is 11.7 Å². The Morgan fingerprint density at radius 2 is 1.68 bits per heavy atom. The average Bonchev–Trinajstić information content (AvgIpc) is 2.53. The van der Waals surface area contributed by atoms with Gasteiger partial charge in [-0.05, 0) is 42.7 Å². The van der Waals surface area contributed by atoms with Crippen molar-refractivity contribution in [2.45, 2.75) is 70.9 Å². The van der Waals surface area contributed by atoms with Gasteiger partial charge in [-0.3, -0.25) is 10.1 Å². The molecule has 3 N–H and O–H groups in total. The molecule has 0 unspecified atom stereocenters. The number of amides is 1. The van der Waals surface area contributed by atoms with Crippen LogP contribution in [0.5, 0.6) is 0 Å². The van der Waals surface area contributed by atoms with Crippen LogP contribution in [0.3, 0.4) is 0 Å². The molecule has 1 aromatic carbocycles. The molecule has 0 saturated heterocycles. The van der Waals surface area contributed by atoms with Gasteiger partial charge >= 0.3 is 0 Å². The first-order valence-corrected chi connectivity index (χ1v) is 8.64. The lowest BCUT2D eigenvalue weighted by Crippen LogP contribution is -2.42. The molecular formula is C19H30N2O. The van der Waals surface area contributed by atoms with Crippen LogP contribution in [0.4, 0.5) is 0 Å². The summed E-state index contributed by atoms with van der Waals surface area (Å²) in [6.45, 7) is 6.16. The van der Waals surface area contributed by atoms with Crippen molar-refractivity contribution in [2.75, 3.05) is 0 Å². The van der Waals surface area contributed by atoms with Crippen LogP contribution in [-0.2, 0) is 4.79 Å². The fraction of sp³-hybridized carbons (Fsp3) is 0.632. The number of hydrogen-bond acceptors (Lipinski definition) is 2. The van der Waals surface area contributed by atoms with Crippen LogP contribution in [0.2, 0.25) is 0 Å². The van der Waals surface area contributed by atoms with Crippen LogP contribution in [-0.4, -0.2) is 11.9 Å². The minimum atomic E-state index is -0.314. The summed E-state index contributed by atoms with van der Waals surface area (Å²) in [5.74, 6) is 0.838. The van der Waals surface area contributed by atoms with Crippen LogP contribution < -0.4 is 11.1 Å². The Labute approximate surface area is 134 Å². The minimum Gasteiger partial charge on any atom is -0.368 e. The lowest BCUT2D eigenvalue weighted by atomic mass is 9.83. The van der Waals surface area contributed by atoms with Gasteiger partial charge in [0.1, 0.15) is 0 Å². The van der Waals surface area contributed by atoms with E-state index < -0.39 is 0 Å². The maximum atomic E-state index is 11.3. The zero-order valence-corrected chi connectivity index (χ0v) is 14.1. The maximum Gasteiger partial charge on any atom is 0.234 e. The average molecular weight is 302 g/mol. The number of carbonyl (C=O) groups excluding carboxylic acids is 1. The molecule has 1 fully saturated rings. The van der Waals surface area contributed by atoms with Gasteiger partial charge in [0.25, 0.3) is 0 Å². The summed E-state index contributed by atoms with van der Waals surface area (Å²) in [7, 11) is 0. The Morgan fingerprint density at radius 3 is 2.18 bits per heavy atom. The van der Waals surface area contributed by atoms with Crippen LogP contribution in [0.1, 0.15) is 76.0 Å². The summed E-state index contributed by atoms with van der Waals surface area (Å²) in [4.78, 5) is 11.3. The molecule has 2 rings (SSSR count). The van der Waals surface area contributed by atoms with Crippen molar-refractivity contribution in [3.05, 3.63) is 35.4 Å². The van der Waals surface area contributed by atoms with E-state index in [0.29, 0.717) is 5.92 Å². The highest BCUT2D eigenvalue weighted by atomic mass is 16.1. The molecule has 0 aromatic heterocycles. The minimum absolute atomic E-state index is 0.155. The molecule has 3 nitrogen and oxygen atoms in total. The van der Waals surface area contributed by atoms with Crippen molar-refractivity contribution in [1.29, 1.82) is 0 Å². The van der Waals surface area contributed by atoms with Crippen molar-refractivity contribution in [3.8, 4) is 0 Å². The molecule has 0 spiro atoms. The predicted octanol–water partition coefficient (Wildman–Crippen LogP) is 3.89. The summed E-state index contributed by atoms with van der Waals surface area (Å²) >= 11 is 0. The van der Waals surface area contributed by atoms with E-state index in [9.17, 15) is 4.79 Å². The Balaban J connectivity index is 2.09. The largest absolute Gasteiger partial charge is 0.368 e. The van der Waals surface area contributed by atoms with E-state index in [-0.39, 0.29) is 18.0 Å². The number of primary amides is 1. The van der Waals surface area contributed by atoms with Gasteiger partial charge in [-0.25, -0.2) is 0 Å². The number of rotatable bonds is 6. The molecule has 3 heteroatoms. The Hall–Kier alpha value is -1.35. The first kappa shape index (κ1) is 17.0. The van der Waals surface area contributed by atoms with E-state index in [2.05, 4.69) is 43.4 Å². The molecule has 1 aliphatic carbocycles. The first-order valence-electron chi connectivity index (χ1n) is 8.64. The Bertz CT molecular complexity index is 475. The molecule has 1 saturated carbocycles. The van der Waals surface area contributed by atoms with Crippen LogP contribution in [0.15, 0.2) is 24.3 Å². The molecule has 0 heterocycles. The molecule has 0 aliphatic heterocycles. The summed E-state index contributed by atoms with van der Waals surface area (Å²) in [5, 5.41) is 3.36. The fourth-order valence-electron chi connectivity index (χ4n) is 3.44. The SMILES string of the molecule is CC(C)[C@@H](N[C@H](C)C(N)=O)c1ccc(C2CCCCC2)cc1. The molecule has 1 amide bonds. The normalized spacial score (nSPS) is 19.1. The van der Waals surface area contributed by atoms with Crippen molar-refractivity contribution in [3.63, 3.8) is 0 Å². The Kier molecular flexibility index (Phi) is 6.01. The van der Waals surface area contributed by atoms with Gasteiger partial charge in [-0.1, -0.05) is 57.4 Å². The van der Waals surface area contributed by atoms with Gasteiger partial charge in [0.2, 0.25) is 5.91 Å². The highest BCUT2D eigenvalue weighted by molar-refractivity contribution is 5.79. The molecule has 2 atom stereocenters. The highest BCUT2D eigenvalue weighted by Crippen LogP contribution is 2.33. The monoisotopic (exact) mass is 302 g/mol. The third kappa shape index (κ3) is 4.33. The fourth-order valence-corrected chi connectivity index (χ4v) is 3.44. The van der Waals surface area contributed by atoms with E-state index >= 15 is 0 Å². The summed E-state index contributed by atoms with van der Waals surface area (Å²) in [5.41, 5.74) is 8.09. The third-order valence-electron chi connectivity index (χ3n) is 4.90. The molecule has 1 aliphatic rings. The van der Waals surface area contributed by atoms with Crippen molar-refractivity contribution >= 4 is 5.91 Å². The van der Waals surface area contributed by atoms with E-state index in [1.54, 1.807) is 0 Å². The standard InChI is InChI=1S/C19H30N2O/c1-13(2)18(21-14(3)19(20)22)17-11-9-16(10-12-17)15-7-5-4-6-8-15/h9-15,18,21H,4-8H2,1-3H3,(H2,20,22)/t14-,18-/m1/s1. The number of carbonyl (C=O) groups is 1. The number of hydrogen-bond donors (Lipinski definition) is 2. The molecular weight excluding hydrogens is 272 g/mol. The van der Waals surface area contributed by atoms with Gasteiger partial charge in [0, 0.05) is 6.04 Å². The maximum absolute atomic E-state index is 11.3. The van der Waals surface area contributed by atoms with Gasteiger partial charge in [0.15, 0.2) is 0 Å². The number of benzene rings is 1. The molecule has 1 aromatic rings. The van der Waals surface area contributed by atoms with E-state index in [4.69, 9.17) is 5.73 Å². The molecule has 0 radical (unpaired) electrons. The number of nitrogens with two attached hydrogens (primary N) is 1. The molecule has 122 valence electrons. The van der Waals surface area contributed by atoms with Gasteiger partial charge in [-0.2, -0.15) is 0 Å². The molecule has 22 heavy (non-hydrogen) atoms. The van der Waals surface area contributed by atoms with E-state index in [1.165, 1.54) is 43.2 Å². The van der Waals surface area contributed by atoms with Crippen LogP contribution in [0, 0.1) is 5.92 Å². The zero-order chi connectivity index (χ0) is 16.1. The smallest absolute Gasteiger partial charge is 0.234 e. The zero-order valence-electron chi connectivity index (χ0n) is 14.1. The quantitative estimate of drug-likeness (QED) is 0.837. The second-order valence-electron chi connectivity index (χ2n) is 7.01.